The van der Waals surface area contributed by atoms with Crippen LogP contribution in [0.5, 0.6) is 5.75 Å². The van der Waals surface area contributed by atoms with E-state index < -0.39 is 17.0 Å². The molecule has 2 aliphatic rings. The van der Waals surface area contributed by atoms with E-state index in [-0.39, 0.29) is 36.3 Å². The van der Waals surface area contributed by atoms with E-state index in [1.54, 1.807) is 35.8 Å². The number of benzene rings is 1. The maximum Gasteiger partial charge on any atom is 0.409 e. The van der Waals surface area contributed by atoms with Crippen LogP contribution in [-0.2, 0) is 34.7 Å². The highest BCUT2D eigenvalue weighted by molar-refractivity contribution is 6.61. The van der Waals surface area contributed by atoms with Crippen LogP contribution in [-0.4, -0.2) is 26.1 Å². The molecule has 1 N–H and O–H groups in total. The van der Waals surface area contributed by atoms with Gasteiger partial charge in [-0.1, -0.05) is 26.3 Å². The number of hydrogen-bond acceptors (Lipinski definition) is 7. The maximum atomic E-state index is 13.4. The van der Waals surface area contributed by atoms with Crippen LogP contribution in [0.1, 0.15) is 48.9 Å². The molecular formula is C24H21ClN2O6. The van der Waals surface area contributed by atoms with Crippen LogP contribution in [0.2, 0.25) is 0 Å². The predicted octanol–water partition coefficient (Wildman–Crippen LogP) is 3.77. The lowest BCUT2D eigenvalue weighted by Gasteiger charge is -2.31. The first kappa shape index (κ1) is 21.6. The Labute approximate surface area is 193 Å². The molecule has 5 rings (SSSR count). The zero-order valence-corrected chi connectivity index (χ0v) is 18.9. The number of aryl methyl sites for hydroxylation is 1. The number of carbonyl (C=O) groups excluding carboxylic acids is 2. The number of esters is 1. The van der Waals surface area contributed by atoms with E-state index in [2.05, 4.69) is 0 Å². The summed E-state index contributed by atoms with van der Waals surface area (Å²) < 4.78 is 12.0. The van der Waals surface area contributed by atoms with Crippen molar-refractivity contribution in [1.29, 1.82) is 0 Å². The van der Waals surface area contributed by atoms with Gasteiger partial charge in [0.25, 0.3) is 5.56 Å². The minimum atomic E-state index is -1.88. The van der Waals surface area contributed by atoms with E-state index in [0.29, 0.717) is 34.5 Å². The number of hydrogen-bond donors (Lipinski definition) is 1. The third-order valence-electron chi connectivity index (χ3n) is 6.48. The Morgan fingerprint density at radius 1 is 1.30 bits per heavy atom. The van der Waals surface area contributed by atoms with Gasteiger partial charge in [-0.15, -0.1) is 0 Å². The molecule has 8 nitrogen and oxygen atoms in total. The Kier molecular flexibility index (Phi) is 5.02. The molecule has 0 fully saturated rings. The monoisotopic (exact) mass is 468 g/mol. The van der Waals surface area contributed by atoms with Crippen LogP contribution in [0.25, 0.3) is 22.3 Å². The molecule has 9 heteroatoms. The quantitative estimate of drug-likeness (QED) is 0.358. The van der Waals surface area contributed by atoms with Crippen molar-refractivity contribution in [3.63, 3.8) is 0 Å². The molecule has 170 valence electrons. The number of nitrogens with zero attached hydrogens (tertiary/aromatic N) is 2. The fraction of sp³-hybridized carbons (Fsp3) is 0.333. The Morgan fingerprint density at radius 3 is 2.79 bits per heavy atom. The second-order valence-corrected chi connectivity index (χ2v) is 8.57. The van der Waals surface area contributed by atoms with Crippen molar-refractivity contribution in [2.24, 2.45) is 0 Å². The number of aromatic nitrogens is 2. The molecule has 0 bridgehead atoms. The van der Waals surface area contributed by atoms with Crippen molar-refractivity contribution in [2.45, 2.75) is 51.9 Å². The third-order valence-corrected chi connectivity index (χ3v) is 6.56. The van der Waals surface area contributed by atoms with Gasteiger partial charge in [0, 0.05) is 28.1 Å². The minimum Gasteiger partial charge on any atom is -0.458 e. The summed E-state index contributed by atoms with van der Waals surface area (Å²) in [6.45, 7) is 3.79. The third kappa shape index (κ3) is 3.08. The van der Waals surface area contributed by atoms with Crippen molar-refractivity contribution in [1.82, 2.24) is 9.55 Å². The van der Waals surface area contributed by atoms with Gasteiger partial charge in [0.1, 0.15) is 12.4 Å². The first-order chi connectivity index (χ1) is 15.8. The standard InChI is InChI=1S/C24H21ClN2O6/c1-3-6-12-13-10-27-17(9-15-14(21(27)28)11-32-22(29)24(15,31)4-2)20(13)26-16-7-5-8-18(19(12)16)33-23(25)30/h5,7-9,31H,3-4,6,10-11H2,1-2H3/t24-/m0/s1. The number of halogens is 1. The topological polar surface area (TPSA) is 108 Å². The van der Waals surface area contributed by atoms with Gasteiger partial charge in [0.05, 0.1) is 29.0 Å². The van der Waals surface area contributed by atoms with Crippen molar-refractivity contribution in [3.8, 4) is 17.1 Å². The molecule has 2 aromatic heterocycles. The van der Waals surface area contributed by atoms with Crippen LogP contribution >= 0.6 is 11.6 Å². The van der Waals surface area contributed by atoms with Crippen LogP contribution in [0, 0.1) is 0 Å². The van der Waals surface area contributed by atoms with E-state index in [1.165, 1.54) is 0 Å². The molecule has 1 aromatic carbocycles. The molecule has 1 atom stereocenters. The molecule has 0 amide bonds. The number of fused-ring (bicyclic) bond motifs is 5. The molecule has 0 saturated carbocycles. The number of ether oxygens (including phenoxy) is 2. The number of rotatable bonds is 4. The van der Waals surface area contributed by atoms with Gasteiger partial charge >= 0.3 is 11.4 Å². The van der Waals surface area contributed by atoms with Crippen molar-refractivity contribution in [2.75, 3.05) is 0 Å². The summed E-state index contributed by atoms with van der Waals surface area (Å²) in [6, 6.07) is 6.86. The fourth-order valence-electron chi connectivity index (χ4n) is 4.89. The van der Waals surface area contributed by atoms with Crippen LogP contribution in [0.4, 0.5) is 4.79 Å². The van der Waals surface area contributed by atoms with E-state index in [0.717, 1.165) is 17.5 Å². The highest BCUT2D eigenvalue weighted by Crippen LogP contribution is 2.42. The maximum absolute atomic E-state index is 13.4. The lowest BCUT2D eigenvalue weighted by atomic mass is 9.86. The minimum absolute atomic E-state index is 0.0774. The first-order valence-electron chi connectivity index (χ1n) is 10.8. The average Bonchev–Trinajstić information content (AvgIpc) is 3.15. The summed E-state index contributed by atoms with van der Waals surface area (Å²) in [5.74, 6) is -0.445. The molecule has 2 aliphatic heterocycles. The summed E-state index contributed by atoms with van der Waals surface area (Å²) in [5.41, 5.74) is 0.904. The van der Waals surface area contributed by atoms with Crippen LogP contribution < -0.4 is 10.3 Å². The van der Waals surface area contributed by atoms with Crippen LogP contribution in [0.15, 0.2) is 29.1 Å². The molecule has 3 aromatic rings. The van der Waals surface area contributed by atoms with E-state index >= 15 is 0 Å². The van der Waals surface area contributed by atoms with Gasteiger partial charge in [0.2, 0.25) is 0 Å². The Balaban J connectivity index is 1.81. The lowest BCUT2D eigenvalue weighted by Crippen LogP contribution is -2.44. The summed E-state index contributed by atoms with van der Waals surface area (Å²) in [5, 5.41) is 11.7. The Bertz CT molecular complexity index is 1410. The molecular weight excluding hydrogens is 448 g/mol. The fourth-order valence-corrected chi connectivity index (χ4v) is 4.97. The Hall–Kier alpha value is -3.23. The number of pyridine rings is 2. The van der Waals surface area contributed by atoms with Gasteiger partial charge < -0.3 is 19.1 Å². The van der Waals surface area contributed by atoms with Crippen molar-refractivity contribution < 1.29 is 24.2 Å². The molecule has 0 radical (unpaired) electrons. The lowest BCUT2D eigenvalue weighted by molar-refractivity contribution is -0.172. The SMILES string of the molecule is CCCc1c2c(nc3cccc(OC(=O)Cl)c13)-c1cc3c(c(=O)n1C2)COC(=O)[C@]3(O)CC. The Morgan fingerprint density at radius 2 is 2.09 bits per heavy atom. The van der Waals surface area contributed by atoms with Gasteiger partial charge in [-0.05, 0) is 36.6 Å². The normalized spacial score (nSPS) is 18.5. The molecule has 0 unspecified atom stereocenters. The number of carbonyl (C=O) groups is 2. The van der Waals surface area contributed by atoms with E-state index in [1.807, 2.05) is 6.92 Å². The first-order valence-corrected chi connectivity index (χ1v) is 11.2. The van der Waals surface area contributed by atoms with Crippen molar-refractivity contribution in [3.05, 3.63) is 56.9 Å². The molecule has 0 spiro atoms. The van der Waals surface area contributed by atoms with Gasteiger partial charge in [-0.2, -0.15) is 0 Å². The molecule has 4 heterocycles. The smallest absolute Gasteiger partial charge is 0.409 e. The summed E-state index contributed by atoms with van der Waals surface area (Å²) in [4.78, 5) is 42.0. The molecule has 33 heavy (non-hydrogen) atoms. The van der Waals surface area contributed by atoms with Crippen molar-refractivity contribution >= 4 is 33.9 Å². The molecule has 0 saturated heterocycles. The number of aliphatic hydroxyl groups is 1. The highest BCUT2D eigenvalue weighted by atomic mass is 35.5. The second kappa shape index (κ2) is 7.67. The van der Waals surface area contributed by atoms with Gasteiger partial charge in [-0.3, -0.25) is 4.79 Å². The summed E-state index contributed by atoms with van der Waals surface area (Å²) in [6.07, 6.45) is 1.56. The summed E-state index contributed by atoms with van der Waals surface area (Å²) >= 11 is 5.49. The van der Waals surface area contributed by atoms with E-state index in [4.69, 9.17) is 26.1 Å². The highest BCUT2D eigenvalue weighted by Gasteiger charge is 2.45. The second-order valence-electron chi connectivity index (χ2n) is 8.26. The zero-order valence-electron chi connectivity index (χ0n) is 18.1. The van der Waals surface area contributed by atoms with E-state index in [9.17, 15) is 19.5 Å². The predicted molar refractivity (Wildman–Crippen MR) is 120 cm³/mol. The van der Waals surface area contributed by atoms with Gasteiger partial charge in [-0.25, -0.2) is 14.6 Å². The molecule has 0 aliphatic carbocycles. The number of cyclic esters (lactones) is 1. The largest absolute Gasteiger partial charge is 0.458 e. The van der Waals surface area contributed by atoms with Gasteiger partial charge in [0.15, 0.2) is 5.60 Å². The van der Waals surface area contributed by atoms with Crippen LogP contribution in [0.3, 0.4) is 0 Å². The average molecular weight is 469 g/mol. The summed E-state index contributed by atoms with van der Waals surface area (Å²) in [7, 11) is 0. The zero-order chi connectivity index (χ0) is 23.5.